The zero-order valence-corrected chi connectivity index (χ0v) is 28.1. The molecule has 3 N–H and O–H groups in total. The molecule has 3 rings (SSSR count). The summed E-state index contributed by atoms with van der Waals surface area (Å²) in [5, 5.41) is 24.2. The SMILES string of the molecule is CCCCCCCCCCCC(=O)N(Cc1ccc(Cl)cc1)[C@@H]1CC(C(=O)NCCO)=C[C@H](Oc2ccccc2I)[C@H]1O. The highest BCUT2D eigenvalue weighted by Crippen LogP contribution is 2.31. The lowest BCUT2D eigenvalue weighted by molar-refractivity contribution is -0.139. The summed E-state index contributed by atoms with van der Waals surface area (Å²) in [7, 11) is 0. The molecule has 3 atom stereocenters. The molecule has 0 aliphatic heterocycles. The fourth-order valence-electron chi connectivity index (χ4n) is 5.37. The molecule has 2 aromatic rings. The molecule has 2 amide bonds. The van der Waals surface area contributed by atoms with Gasteiger partial charge in [-0.2, -0.15) is 0 Å². The number of para-hydroxylation sites is 1. The van der Waals surface area contributed by atoms with Crippen molar-refractivity contribution in [2.24, 2.45) is 0 Å². The normalized spacial score (nSPS) is 18.2. The highest BCUT2D eigenvalue weighted by atomic mass is 127. The van der Waals surface area contributed by atoms with Crippen molar-refractivity contribution in [1.82, 2.24) is 10.2 Å². The molecule has 1 aliphatic carbocycles. The van der Waals surface area contributed by atoms with E-state index in [0.29, 0.717) is 22.8 Å². The first-order chi connectivity index (χ1) is 20.8. The molecular weight excluding hydrogens is 679 g/mol. The molecule has 0 fully saturated rings. The molecule has 0 radical (unpaired) electrons. The van der Waals surface area contributed by atoms with Gasteiger partial charge in [-0.15, -0.1) is 0 Å². The summed E-state index contributed by atoms with van der Waals surface area (Å²) in [6.07, 6.45) is 10.6. The molecule has 1 aliphatic rings. The van der Waals surface area contributed by atoms with E-state index in [1.54, 1.807) is 23.1 Å². The van der Waals surface area contributed by atoms with Crippen molar-refractivity contribution in [2.45, 2.75) is 102 Å². The van der Waals surface area contributed by atoms with Crippen molar-refractivity contribution in [2.75, 3.05) is 13.2 Å². The molecule has 0 spiro atoms. The van der Waals surface area contributed by atoms with Gasteiger partial charge in [0.1, 0.15) is 18.0 Å². The summed E-state index contributed by atoms with van der Waals surface area (Å²) in [4.78, 5) is 28.6. The minimum Gasteiger partial charge on any atom is -0.482 e. The van der Waals surface area contributed by atoms with Crippen LogP contribution < -0.4 is 10.1 Å². The van der Waals surface area contributed by atoms with Crippen LogP contribution in [0.15, 0.2) is 60.2 Å². The number of nitrogens with one attached hydrogen (secondary N) is 1. The van der Waals surface area contributed by atoms with E-state index in [-0.39, 0.29) is 37.9 Å². The van der Waals surface area contributed by atoms with Gasteiger partial charge in [0.15, 0.2) is 0 Å². The van der Waals surface area contributed by atoms with Gasteiger partial charge in [0.25, 0.3) is 0 Å². The van der Waals surface area contributed by atoms with Crippen molar-refractivity contribution in [3.63, 3.8) is 0 Å². The van der Waals surface area contributed by atoms with Crippen molar-refractivity contribution >= 4 is 46.0 Å². The second-order valence-electron chi connectivity index (χ2n) is 11.2. The molecule has 0 bridgehead atoms. The Morgan fingerprint density at radius 1 is 1.00 bits per heavy atom. The number of hydrogen-bond donors (Lipinski definition) is 3. The maximum atomic E-state index is 13.8. The predicted molar refractivity (Wildman–Crippen MR) is 180 cm³/mol. The standard InChI is InChI=1S/C34H46ClIN2O5/c1-2-3-4-5-6-7-8-9-10-15-32(40)38(24-25-16-18-27(35)19-17-25)29-22-26(34(42)37-20-21-39)23-31(33(29)41)43-30-14-12-11-13-28(30)36/h11-14,16-19,23,29,31,33,39,41H,2-10,15,20-22,24H2,1H3,(H,37,42)/t29-,31+,33+/m1/s1. The van der Waals surface area contributed by atoms with Crippen LogP contribution in [0.2, 0.25) is 5.02 Å². The number of ether oxygens (including phenoxy) is 1. The molecule has 43 heavy (non-hydrogen) atoms. The molecule has 0 unspecified atom stereocenters. The van der Waals surface area contributed by atoms with E-state index in [9.17, 15) is 19.8 Å². The van der Waals surface area contributed by atoms with E-state index >= 15 is 0 Å². The van der Waals surface area contributed by atoms with Gasteiger partial charge in [0.05, 0.1) is 16.2 Å². The summed E-state index contributed by atoms with van der Waals surface area (Å²) in [6.45, 7) is 2.42. The summed E-state index contributed by atoms with van der Waals surface area (Å²) in [6, 6.07) is 14.1. The number of hydrogen-bond acceptors (Lipinski definition) is 5. The number of amides is 2. The Kier molecular flexibility index (Phi) is 15.9. The molecular formula is C34H46ClIN2O5. The molecule has 0 aromatic heterocycles. The third-order valence-corrected chi connectivity index (χ3v) is 8.94. The average Bonchev–Trinajstić information content (AvgIpc) is 3.00. The Bertz CT molecular complexity index is 1180. The van der Waals surface area contributed by atoms with Gasteiger partial charge in [-0.25, -0.2) is 0 Å². The first-order valence-corrected chi connectivity index (χ1v) is 17.0. The third kappa shape index (κ3) is 11.7. The lowest BCUT2D eigenvalue weighted by Crippen LogP contribution is -2.54. The molecule has 0 heterocycles. The van der Waals surface area contributed by atoms with Gasteiger partial charge in [-0.3, -0.25) is 9.59 Å². The van der Waals surface area contributed by atoms with Gasteiger partial charge in [-0.1, -0.05) is 94.2 Å². The Hall–Kier alpha value is -2.14. The van der Waals surface area contributed by atoms with Crippen LogP contribution in [0.5, 0.6) is 5.75 Å². The Labute approximate surface area is 275 Å². The molecule has 7 nitrogen and oxygen atoms in total. The number of nitrogens with zero attached hydrogens (tertiary/aromatic N) is 1. The van der Waals surface area contributed by atoms with Gasteiger partial charge in [-0.05, 0) is 64.9 Å². The number of benzene rings is 2. The Balaban J connectivity index is 1.79. The highest BCUT2D eigenvalue weighted by molar-refractivity contribution is 14.1. The van der Waals surface area contributed by atoms with Crippen LogP contribution >= 0.6 is 34.2 Å². The van der Waals surface area contributed by atoms with Crippen LogP contribution in [-0.4, -0.2) is 58.3 Å². The number of aliphatic hydroxyl groups excluding tert-OH is 2. The fraction of sp³-hybridized carbons (Fsp3) is 0.529. The van der Waals surface area contributed by atoms with Crippen molar-refractivity contribution in [3.05, 3.63) is 74.3 Å². The maximum Gasteiger partial charge on any atom is 0.247 e. The van der Waals surface area contributed by atoms with Crippen LogP contribution in [0.4, 0.5) is 0 Å². The predicted octanol–water partition coefficient (Wildman–Crippen LogP) is 6.81. The molecule has 9 heteroatoms. The average molecular weight is 725 g/mol. The summed E-state index contributed by atoms with van der Waals surface area (Å²) in [5.74, 6) is 0.177. The minimum atomic E-state index is -1.07. The van der Waals surface area contributed by atoms with E-state index < -0.39 is 18.2 Å². The number of aliphatic hydroxyl groups is 2. The largest absolute Gasteiger partial charge is 0.482 e. The summed E-state index contributed by atoms with van der Waals surface area (Å²) < 4.78 is 7.12. The lowest BCUT2D eigenvalue weighted by Gasteiger charge is -2.40. The van der Waals surface area contributed by atoms with Crippen molar-refractivity contribution in [3.8, 4) is 5.75 Å². The first kappa shape index (κ1) is 35.3. The Morgan fingerprint density at radius 3 is 2.30 bits per heavy atom. The van der Waals surface area contributed by atoms with Crippen LogP contribution in [0.1, 0.15) is 83.1 Å². The van der Waals surface area contributed by atoms with E-state index in [2.05, 4.69) is 34.8 Å². The number of unbranched alkanes of at least 4 members (excludes halogenated alkanes) is 8. The number of carbonyl (C=O) groups is 2. The highest BCUT2D eigenvalue weighted by Gasteiger charge is 2.40. The quantitative estimate of drug-likeness (QED) is 0.116. The molecule has 236 valence electrons. The smallest absolute Gasteiger partial charge is 0.247 e. The number of rotatable bonds is 18. The number of carbonyl (C=O) groups excluding carboxylic acids is 2. The van der Waals surface area contributed by atoms with Gasteiger partial charge in [0, 0.05) is 36.5 Å². The van der Waals surface area contributed by atoms with E-state index in [0.717, 1.165) is 28.4 Å². The minimum absolute atomic E-state index is 0.0630. The topological polar surface area (TPSA) is 99.1 Å². The summed E-state index contributed by atoms with van der Waals surface area (Å²) >= 11 is 8.30. The number of halogens is 2. The molecule has 0 saturated heterocycles. The van der Waals surface area contributed by atoms with Gasteiger partial charge >= 0.3 is 0 Å². The zero-order valence-electron chi connectivity index (χ0n) is 25.2. The fourth-order valence-corrected chi connectivity index (χ4v) is 6.01. The monoisotopic (exact) mass is 724 g/mol. The van der Waals surface area contributed by atoms with E-state index in [4.69, 9.17) is 16.3 Å². The van der Waals surface area contributed by atoms with Crippen molar-refractivity contribution < 1.29 is 24.5 Å². The lowest BCUT2D eigenvalue weighted by atomic mass is 9.87. The molecule has 0 saturated carbocycles. The van der Waals surface area contributed by atoms with Gasteiger partial charge in [0.2, 0.25) is 11.8 Å². The summed E-state index contributed by atoms with van der Waals surface area (Å²) in [5.41, 5.74) is 1.30. The third-order valence-electron chi connectivity index (χ3n) is 7.80. The van der Waals surface area contributed by atoms with Gasteiger partial charge < -0.3 is 25.2 Å². The van der Waals surface area contributed by atoms with Crippen molar-refractivity contribution in [1.29, 1.82) is 0 Å². The zero-order chi connectivity index (χ0) is 31.0. The van der Waals surface area contributed by atoms with Crippen LogP contribution in [0, 0.1) is 3.57 Å². The second kappa shape index (κ2) is 19.3. The first-order valence-electron chi connectivity index (χ1n) is 15.6. The Morgan fingerprint density at radius 2 is 1.65 bits per heavy atom. The maximum absolute atomic E-state index is 13.8. The van der Waals surface area contributed by atoms with Crippen LogP contribution in [0.3, 0.4) is 0 Å². The second-order valence-corrected chi connectivity index (χ2v) is 12.8. The van der Waals surface area contributed by atoms with E-state index in [1.807, 2.05) is 36.4 Å². The van der Waals surface area contributed by atoms with E-state index in [1.165, 1.54) is 38.5 Å². The van der Waals surface area contributed by atoms with Crippen LogP contribution in [-0.2, 0) is 16.1 Å². The molecule has 2 aromatic carbocycles. The van der Waals surface area contributed by atoms with Crippen LogP contribution in [0.25, 0.3) is 0 Å².